The van der Waals surface area contributed by atoms with Crippen LogP contribution in [0, 0.1) is 5.95 Å². The van der Waals surface area contributed by atoms with Crippen molar-refractivity contribution in [1.82, 2.24) is 19.6 Å². The molecule has 0 aliphatic carbocycles. The maximum atomic E-state index is 13.7. The molecular weight excluding hydrogens is 478 g/mol. The van der Waals surface area contributed by atoms with Crippen molar-refractivity contribution in [2.75, 3.05) is 29.4 Å². The van der Waals surface area contributed by atoms with Gasteiger partial charge in [0.15, 0.2) is 5.65 Å². The van der Waals surface area contributed by atoms with Gasteiger partial charge in [0, 0.05) is 13.2 Å². The van der Waals surface area contributed by atoms with Gasteiger partial charge in [-0.2, -0.15) is 31.6 Å². The van der Waals surface area contributed by atoms with E-state index in [2.05, 4.69) is 15.1 Å². The van der Waals surface area contributed by atoms with Gasteiger partial charge in [0.05, 0.1) is 22.3 Å². The Morgan fingerprint density at radius 3 is 2.58 bits per heavy atom. The molecule has 2 aromatic heterocycles. The van der Waals surface area contributed by atoms with Crippen LogP contribution in [0.2, 0.25) is 10.0 Å². The molecule has 0 unspecified atom stereocenters. The molecule has 0 radical (unpaired) electrons. The van der Waals surface area contributed by atoms with Crippen LogP contribution in [0.1, 0.15) is 6.92 Å². The number of nitrogens with zero attached hydrogens (tertiary/aromatic N) is 5. The van der Waals surface area contributed by atoms with E-state index in [1.165, 1.54) is 25.3 Å². The summed E-state index contributed by atoms with van der Waals surface area (Å²) in [5, 5.41) is 3.71. The summed E-state index contributed by atoms with van der Waals surface area (Å²) in [5.41, 5.74) is -0.369. The number of rotatable bonds is 8. The highest BCUT2D eigenvalue weighted by molar-refractivity contribution is 7.94. The summed E-state index contributed by atoms with van der Waals surface area (Å²) in [5.74, 6) is -2.37. The third-order valence-corrected chi connectivity index (χ3v) is 5.55. The lowest BCUT2D eigenvalue weighted by Gasteiger charge is -2.23. The highest BCUT2D eigenvalue weighted by Gasteiger charge is 2.33. The first kappa shape index (κ1) is 22.9. The van der Waals surface area contributed by atoms with Gasteiger partial charge in [-0.05, 0) is 19.1 Å². The number of carbonyl (C=O) groups is 1. The number of ether oxygens (including phenoxy) is 2. The van der Waals surface area contributed by atoms with Crippen LogP contribution in [0.3, 0.4) is 0 Å². The summed E-state index contributed by atoms with van der Waals surface area (Å²) in [6.07, 6.45) is 0. The molecule has 0 bridgehead atoms. The largest absolute Gasteiger partial charge is 0.464 e. The molecule has 11 nitrogen and oxygen atoms in total. The third kappa shape index (κ3) is 4.79. The quantitative estimate of drug-likeness (QED) is 0.474. The van der Waals surface area contributed by atoms with E-state index in [4.69, 9.17) is 32.7 Å². The summed E-state index contributed by atoms with van der Waals surface area (Å²) < 4.78 is 53.2. The molecule has 15 heteroatoms. The summed E-state index contributed by atoms with van der Waals surface area (Å²) in [6.45, 7) is 1.20. The Bertz CT molecular complexity index is 1220. The van der Waals surface area contributed by atoms with Gasteiger partial charge >= 0.3 is 16.2 Å². The van der Waals surface area contributed by atoms with Crippen LogP contribution in [-0.2, 0) is 19.7 Å². The maximum absolute atomic E-state index is 13.7. The molecule has 0 spiro atoms. The van der Waals surface area contributed by atoms with Gasteiger partial charge in [-0.1, -0.05) is 29.3 Å². The fourth-order valence-electron chi connectivity index (χ4n) is 2.51. The van der Waals surface area contributed by atoms with Crippen LogP contribution >= 0.6 is 23.2 Å². The van der Waals surface area contributed by atoms with E-state index < -0.39 is 34.6 Å². The fourth-order valence-corrected chi connectivity index (χ4v) is 4.34. The Hall–Kier alpha value is -2.74. The average Bonchev–Trinajstić information content (AvgIpc) is 3.06. The van der Waals surface area contributed by atoms with Crippen molar-refractivity contribution in [2.45, 2.75) is 6.92 Å². The second-order valence-electron chi connectivity index (χ2n) is 5.77. The van der Waals surface area contributed by atoms with Crippen molar-refractivity contribution < 1.29 is 27.1 Å². The molecule has 0 aliphatic rings. The lowest BCUT2D eigenvalue weighted by Crippen LogP contribution is -2.43. The number of fused-ring (bicyclic) bond motifs is 1. The monoisotopic (exact) mass is 492 g/mol. The van der Waals surface area contributed by atoms with Crippen molar-refractivity contribution in [1.29, 1.82) is 0 Å². The lowest BCUT2D eigenvalue weighted by atomic mass is 10.3. The van der Waals surface area contributed by atoms with E-state index in [0.717, 1.165) is 10.6 Å². The fraction of sp³-hybridized carbons (Fsp3) is 0.250. The van der Waals surface area contributed by atoms with Crippen LogP contribution in [0.25, 0.3) is 5.65 Å². The number of halogens is 3. The summed E-state index contributed by atoms with van der Waals surface area (Å²) in [4.78, 5) is 20.0. The van der Waals surface area contributed by atoms with E-state index in [0.29, 0.717) is 4.31 Å². The van der Waals surface area contributed by atoms with E-state index in [1.54, 1.807) is 6.92 Å². The summed E-state index contributed by atoms with van der Waals surface area (Å²) >= 11 is 12.2. The zero-order chi connectivity index (χ0) is 22.8. The third-order valence-electron chi connectivity index (χ3n) is 3.63. The molecular formula is C16H15Cl2FN6O5S. The predicted octanol–water partition coefficient (Wildman–Crippen LogP) is 2.31. The molecule has 3 aromatic rings. The van der Waals surface area contributed by atoms with Crippen LogP contribution in [0.4, 0.5) is 16.0 Å². The van der Waals surface area contributed by atoms with Crippen molar-refractivity contribution in [3.63, 3.8) is 0 Å². The number of para-hydroxylation sites is 1. The Balaban J connectivity index is 2.07. The average molecular weight is 493 g/mol. The molecule has 1 amide bonds. The number of methoxy groups -OCH3 is 1. The standard InChI is InChI=1S/C16H15Cl2FN6O5S/c1-3-30-16-20-11(19)7-12-21-15(22-24(12)16)23-31(27,28)25(13(26)8-29-2)14-9(17)5-4-6-10(14)18/h4-7H,3,8H2,1-2H3,(H,22,23). The van der Waals surface area contributed by atoms with Gasteiger partial charge < -0.3 is 9.47 Å². The molecule has 1 aromatic carbocycles. The van der Waals surface area contributed by atoms with Gasteiger partial charge in [-0.25, -0.2) is 4.72 Å². The smallest absolute Gasteiger partial charge is 0.333 e. The molecule has 3 rings (SSSR count). The van der Waals surface area contributed by atoms with Gasteiger partial charge in [-0.3, -0.25) is 4.79 Å². The van der Waals surface area contributed by atoms with Gasteiger partial charge in [-0.15, -0.1) is 5.10 Å². The van der Waals surface area contributed by atoms with Gasteiger partial charge in [0.25, 0.3) is 11.9 Å². The second kappa shape index (κ2) is 9.18. The highest BCUT2D eigenvalue weighted by atomic mass is 35.5. The second-order valence-corrected chi connectivity index (χ2v) is 8.10. The molecule has 0 aliphatic heterocycles. The van der Waals surface area contributed by atoms with E-state index in [-0.39, 0.29) is 34.0 Å². The summed E-state index contributed by atoms with van der Waals surface area (Å²) in [7, 11) is -3.47. The SMILES string of the molecule is CCOc1nc(F)cc2nc(NS(=O)(=O)N(C(=O)COC)c3c(Cl)cccc3Cl)nn12. The number of hydrogen-bond acceptors (Lipinski definition) is 8. The predicted molar refractivity (Wildman–Crippen MR) is 110 cm³/mol. The van der Waals surface area contributed by atoms with Crippen LogP contribution in [0.5, 0.6) is 6.01 Å². The molecule has 0 saturated heterocycles. The number of amides is 1. The van der Waals surface area contributed by atoms with Gasteiger partial charge in [0.1, 0.15) is 6.61 Å². The van der Waals surface area contributed by atoms with E-state index in [9.17, 15) is 17.6 Å². The van der Waals surface area contributed by atoms with Crippen LogP contribution in [-0.4, -0.2) is 54.2 Å². The maximum Gasteiger partial charge on any atom is 0.333 e. The molecule has 1 N–H and O–H groups in total. The minimum atomic E-state index is -4.69. The van der Waals surface area contributed by atoms with Crippen LogP contribution in [0.15, 0.2) is 24.3 Å². The molecule has 0 atom stereocenters. The molecule has 2 heterocycles. The Morgan fingerprint density at radius 2 is 1.97 bits per heavy atom. The van der Waals surface area contributed by atoms with Gasteiger partial charge in [0.2, 0.25) is 5.95 Å². The van der Waals surface area contributed by atoms with Crippen molar-refractivity contribution in [3.05, 3.63) is 40.3 Å². The minimum absolute atomic E-state index is 0.0841. The van der Waals surface area contributed by atoms with E-state index in [1.807, 2.05) is 4.72 Å². The first-order valence-corrected chi connectivity index (χ1v) is 10.7. The highest BCUT2D eigenvalue weighted by Crippen LogP contribution is 2.35. The molecule has 0 saturated carbocycles. The van der Waals surface area contributed by atoms with Crippen LogP contribution < -0.4 is 13.8 Å². The number of nitrogens with one attached hydrogen (secondary N) is 1. The number of hydrogen-bond donors (Lipinski definition) is 1. The number of anilines is 2. The zero-order valence-corrected chi connectivity index (χ0v) is 18.4. The first-order chi connectivity index (χ1) is 14.7. The molecule has 31 heavy (non-hydrogen) atoms. The van der Waals surface area contributed by atoms with Crippen molar-refractivity contribution >= 4 is 56.6 Å². The zero-order valence-electron chi connectivity index (χ0n) is 16.0. The summed E-state index contributed by atoms with van der Waals surface area (Å²) in [6, 6.07) is 4.88. The number of carbonyl (C=O) groups excluding carboxylic acids is 1. The normalized spacial score (nSPS) is 11.5. The topological polar surface area (TPSA) is 128 Å². The number of aromatic nitrogens is 4. The van der Waals surface area contributed by atoms with E-state index >= 15 is 0 Å². The Morgan fingerprint density at radius 1 is 1.29 bits per heavy atom. The Kier molecular flexibility index (Phi) is 6.79. The first-order valence-electron chi connectivity index (χ1n) is 8.53. The minimum Gasteiger partial charge on any atom is -0.464 e. The Labute approximate surface area is 185 Å². The van der Waals surface area contributed by atoms with Crippen molar-refractivity contribution in [3.8, 4) is 6.01 Å². The lowest BCUT2D eigenvalue weighted by molar-refractivity contribution is -0.120. The molecule has 0 fully saturated rings. The number of benzene rings is 1. The van der Waals surface area contributed by atoms with Crippen molar-refractivity contribution in [2.24, 2.45) is 0 Å². The molecule has 166 valence electrons.